The molecular formula is C19H34IN5OS. The van der Waals surface area contributed by atoms with E-state index in [2.05, 4.69) is 56.8 Å². The second kappa shape index (κ2) is 11.2. The molecule has 1 aromatic heterocycles. The number of guanidine groups is 1. The number of carbonyl (C=O) groups excluding carboxylic acids is 1. The zero-order chi connectivity index (χ0) is 19.2. The monoisotopic (exact) mass is 507 g/mol. The van der Waals surface area contributed by atoms with Crippen LogP contribution >= 0.6 is 35.3 Å². The molecular weight excluding hydrogens is 473 g/mol. The van der Waals surface area contributed by atoms with E-state index in [0.29, 0.717) is 6.54 Å². The molecule has 27 heavy (non-hydrogen) atoms. The van der Waals surface area contributed by atoms with Gasteiger partial charge in [-0.25, -0.2) is 0 Å². The van der Waals surface area contributed by atoms with Crippen molar-refractivity contribution in [2.45, 2.75) is 39.2 Å². The van der Waals surface area contributed by atoms with Gasteiger partial charge in [0.25, 0.3) is 0 Å². The molecule has 1 amide bonds. The molecule has 8 heteroatoms. The molecule has 6 nitrogen and oxygen atoms in total. The number of thiophene rings is 1. The Morgan fingerprint density at radius 2 is 1.96 bits per heavy atom. The Balaban J connectivity index is 0.00000364. The molecule has 0 aliphatic carbocycles. The molecule has 1 aliphatic heterocycles. The van der Waals surface area contributed by atoms with Crippen LogP contribution in [-0.4, -0.2) is 74.0 Å². The van der Waals surface area contributed by atoms with Crippen molar-refractivity contribution in [2.24, 2.45) is 4.99 Å². The standard InChI is InChI=1S/C19H33N5OS.HI/c1-15(2)22-17(25)13-23-8-10-24(11-9-23)18(20-5)21-14-19(3,4)16-7-6-12-26-16;/h6-7,12,15H,8-11,13-14H2,1-5H3,(H,20,21)(H,22,25);1H. The molecule has 2 N–H and O–H groups in total. The zero-order valence-electron chi connectivity index (χ0n) is 17.1. The minimum absolute atomic E-state index is 0. The number of amides is 1. The summed E-state index contributed by atoms with van der Waals surface area (Å²) in [7, 11) is 1.84. The van der Waals surface area contributed by atoms with Gasteiger partial charge in [0.05, 0.1) is 6.54 Å². The number of aliphatic imine (C=N–C) groups is 1. The van der Waals surface area contributed by atoms with E-state index >= 15 is 0 Å². The summed E-state index contributed by atoms with van der Waals surface area (Å²) in [6, 6.07) is 4.49. The fourth-order valence-electron chi connectivity index (χ4n) is 3.07. The van der Waals surface area contributed by atoms with Crippen LogP contribution in [0.25, 0.3) is 0 Å². The zero-order valence-corrected chi connectivity index (χ0v) is 20.3. The predicted octanol–water partition coefficient (Wildman–Crippen LogP) is 2.36. The summed E-state index contributed by atoms with van der Waals surface area (Å²) in [6.07, 6.45) is 0. The van der Waals surface area contributed by atoms with Gasteiger partial charge in [0, 0.05) is 56.1 Å². The van der Waals surface area contributed by atoms with E-state index in [1.54, 1.807) is 11.3 Å². The predicted molar refractivity (Wildman–Crippen MR) is 125 cm³/mol. The third-order valence-electron chi connectivity index (χ3n) is 4.58. The van der Waals surface area contributed by atoms with Crippen molar-refractivity contribution in [3.63, 3.8) is 0 Å². The Kier molecular flexibility index (Phi) is 10.0. The quantitative estimate of drug-likeness (QED) is 0.353. The minimum atomic E-state index is 0. The Labute approximate surface area is 184 Å². The average molecular weight is 507 g/mol. The highest BCUT2D eigenvalue weighted by molar-refractivity contribution is 14.0. The van der Waals surface area contributed by atoms with Gasteiger partial charge < -0.3 is 15.5 Å². The van der Waals surface area contributed by atoms with Crippen LogP contribution in [0.5, 0.6) is 0 Å². The van der Waals surface area contributed by atoms with Gasteiger partial charge in [0.1, 0.15) is 0 Å². The van der Waals surface area contributed by atoms with Gasteiger partial charge >= 0.3 is 0 Å². The van der Waals surface area contributed by atoms with Crippen molar-refractivity contribution in [3.05, 3.63) is 22.4 Å². The Morgan fingerprint density at radius 1 is 1.30 bits per heavy atom. The van der Waals surface area contributed by atoms with Crippen LogP contribution in [0.3, 0.4) is 0 Å². The lowest BCUT2D eigenvalue weighted by atomic mass is 9.91. The van der Waals surface area contributed by atoms with E-state index < -0.39 is 0 Å². The van der Waals surface area contributed by atoms with Crippen LogP contribution in [0.15, 0.2) is 22.5 Å². The molecule has 0 saturated carbocycles. The minimum Gasteiger partial charge on any atom is -0.355 e. The van der Waals surface area contributed by atoms with Crippen LogP contribution in [0.2, 0.25) is 0 Å². The maximum Gasteiger partial charge on any atom is 0.234 e. The molecule has 0 spiro atoms. The van der Waals surface area contributed by atoms with Crippen LogP contribution in [0, 0.1) is 0 Å². The third kappa shape index (κ3) is 7.57. The topological polar surface area (TPSA) is 60.0 Å². The highest BCUT2D eigenvalue weighted by Gasteiger charge is 2.25. The molecule has 0 bridgehead atoms. The molecule has 1 aromatic rings. The lowest BCUT2D eigenvalue weighted by Crippen LogP contribution is -2.55. The second-order valence-corrected chi connectivity index (χ2v) is 8.70. The van der Waals surface area contributed by atoms with E-state index in [-0.39, 0.29) is 41.3 Å². The Hall–Kier alpha value is -0.870. The van der Waals surface area contributed by atoms with Crippen LogP contribution < -0.4 is 10.6 Å². The maximum absolute atomic E-state index is 11.9. The number of hydrogen-bond acceptors (Lipinski definition) is 4. The van der Waals surface area contributed by atoms with E-state index in [0.717, 1.165) is 38.7 Å². The van der Waals surface area contributed by atoms with Crippen LogP contribution in [-0.2, 0) is 10.2 Å². The van der Waals surface area contributed by atoms with Crippen LogP contribution in [0.4, 0.5) is 0 Å². The first-order valence-electron chi connectivity index (χ1n) is 9.33. The smallest absolute Gasteiger partial charge is 0.234 e. The summed E-state index contributed by atoms with van der Waals surface area (Å²) in [6.45, 7) is 13.3. The first kappa shape index (κ1) is 24.2. The van der Waals surface area contributed by atoms with Crippen LogP contribution in [0.1, 0.15) is 32.6 Å². The van der Waals surface area contributed by atoms with E-state index in [1.807, 2.05) is 20.9 Å². The normalized spacial score (nSPS) is 16.2. The fraction of sp³-hybridized carbons (Fsp3) is 0.684. The molecule has 0 atom stereocenters. The Morgan fingerprint density at radius 3 is 2.48 bits per heavy atom. The highest BCUT2D eigenvalue weighted by Crippen LogP contribution is 2.26. The van der Waals surface area contributed by atoms with Gasteiger partial charge in [-0.2, -0.15) is 0 Å². The molecule has 0 unspecified atom stereocenters. The largest absolute Gasteiger partial charge is 0.355 e. The lowest BCUT2D eigenvalue weighted by Gasteiger charge is -2.37. The van der Waals surface area contributed by atoms with E-state index in [9.17, 15) is 4.79 Å². The average Bonchev–Trinajstić information content (AvgIpc) is 3.11. The number of halogens is 1. The van der Waals surface area contributed by atoms with Crippen molar-refractivity contribution >= 4 is 47.2 Å². The van der Waals surface area contributed by atoms with Crippen molar-refractivity contribution in [2.75, 3.05) is 46.3 Å². The van der Waals surface area contributed by atoms with Gasteiger partial charge in [0.2, 0.25) is 5.91 Å². The molecule has 2 heterocycles. The summed E-state index contributed by atoms with van der Waals surface area (Å²) in [5.74, 6) is 1.05. The molecule has 0 aromatic carbocycles. The second-order valence-electron chi connectivity index (χ2n) is 7.75. The molecule has 154 valence electrons. The van der Waals surface area contributed by atoms with Crippen molar-refractivity contribution in [1.82, 2.24) is 20.4 Å². The number of nitrogens with one attached hydrogen (secondary N) is 2. The summed E-state index contributed by atoms with van der Waals surface area (Å²) in [5, 5.41) is 8.62. The van der Waals surface area contributed by atoms with Gasteiger partial charge in [-0.15, -0.1) is 35.3 Å². The number of rotatable bonds is 6. The number of hydrogen-bond donors (Lipinski definition) is 2. The van der Waals surface area contributed by atoms with Gasteiger partial charge in [0.15, 0.2) is 5.96 Å². The lowest BCUT2D eigenvalue weighted by molar-refractivity contribution is -0.123. The first-order valence-corrected chi connectivity index (χ1v) is 10.2. The number of carbonyl (C=O) groups is 1. The van der Waals surface area contributed by atoms with Crippen molar-refractivity contribution in [3.8, 4) is 0 Å². The maximum atomic E-state index is 11.9. The molecule has 0 radical (unpaired) electrons. The van der Waals surface area contributed by atoms with Gasteiger partial charge in [-0.3, -0.25) is 14.7 Å². The molecule has 1 saturated heterocycles. The van der Waals surface area contributed by atoms with Gasteiger partial charge in [-0.1, -0.05) is 19.9 Å². The van der Waals surface area contributed by atoms with E-state index in [1.165, 1.54) is 4.88 Å². The SMILES string of the molecule is CN=C(NCC(C)(C)c1cccs1)N1CCN(CC(=O)NC(C)C)CC1.I. The molecule has 2 rings (SSSR count). The molecule has 1 fully saturated rings. The van der Waals surface area contributed by atoms with Crippen molar-refractivity contribution < 1.29 is 4.79 Å². The number of nitrogens with zero attached hydrogens (tertiary/aromatic N) is 3. The summed E-state index contributed by atoms with van der Waals surface area (Å²) in [4.78, 5) is 22.2. The first-order chi connectivity index (χ1) is 12.3. The number of piperazine rings is 1. The summed E-state index contributed by atoms with van der Waals surface area (Å²) < 4.78 is 0. The molecule has 1 aliphatic rings. The summed E-state index contributed by atoms with van der Waals surface area (Å²) >= 11 is 1.80. The highest BCUT2D eigenvalue weighted by atomic mass is 127. The van der Waals surface area contributed by atoms with E-state index in [4.69, 9.17) is 0 Å². The van der Waals surface area contributed by atoms with Gasteiger partial charge in [-0.05, 0) is 25.3 Å². The third-order valence-corrected chi connectivity index (χ3v) is 5.81. The Bertz CT molecular complexity index is 595. The fourth-order valence-corrected chi connectivity index (χ4v) is 3.92. The van der Waals surface area contributed by atoms with Crippen molar-refractivity contribution in [1.29, 1.82) is 0 Å². The summed E-state index contributed by atoms with van der Waals surface area (Å²) in [5.41, 5.74) is 0.0703.